The van der Waals surface area contributed by atoms with Crippen LogP contribution in [0.4, 0.5) is 5.13 Å². The minimum absolute atomic E-state index is 0.410. The van der Waals surface area contributed by atoms with Crippen LogP contribution in [-0.2, 0) is 11.3 Å². The summed E-state index contributed by atoms with van der Waals surface area (Å²) in [7, 11) is 0. The van der Waals surface area contributed by atoms with Crippen LogP contribution in [0, 0.1) is 23.7 Å². The summed E-state index contributed by atoms with van der Waals surface area (Å²) in [4.78, 5) is 22.1. The molecule has 5 rings (SSSR count). The molecule has 3 unspecified atom stereocenters. The molecule has 2 bridgehead atoms. The van der Waals surface area contributed by atoms with E-state index in [4.69, 9.17) is 4.98 Å². The average molecular weight is 403 g/mol. The average Bonchev–Trinajstić information content (AvgIpc) is 3.38. The molecule has 1 aromatic rings. The largest absolute Gasteiger partial charge is 0.361 e. The van der Waals surface area contributed by atoms with Crippen molar-refractivity contribution in [2.45, 2.75) is 57.9 Å². The van der Waals surface area contributed by atoms with E-state index in [9.17, 15) is 4.79 Å². The lowest BCUT2D eigenvalue weighted by Crippen LogP contribution is -2.48. The number of piperazine rings is 1. The van der Waals surface area contributed by atoms with Crippen molar-refractivity contribution in [2.75, 3.05) is 38.0 Å². The third-order valence-corrected chi connectivity index (χ3v) is 8.60. The monoisotopic (exact) mass is 402 g/mol. The first kappa shape index (κ1) is 18.9. The van der Waals surface area contributed by atoms with Crippen molar-refractivity contribution < 1.29 is 4.79 Å². The van der Waals surface area contributed by atoms with Crippen LogP contribution in [0.25, 0.3) is 0 Å². The van der Waals surface area contributed by atoms with E-state index in [0.29, 0.717) is 11.8 Å². The number of anilines is 1. The van der Waals surface area contributed by atoms with Crippen molar-refractivity contribution in [2.24, 2.45) is 23.7 Å². The first-order valence-electron chi connectivity index (χ1n) is 11.4. The number of hydrogen-bond acceptors (Lipinski definition) is 5. The highest BCUT2D eigenvalue weighted by Crippen LogP contribution is 2.49. The van der Waals surface area contributed by atoms with E-state index < -0.39 is 0 Å². The Morgan fingerprint density at radius 1 is 1.14 bits per heavy atom. The number of aromatic nitrogens is 1. The minimum atomic E-state index is 0.410. The molecular weight excluding hydrogens is 368 g/mol. The summed E-state index contributed by atoms with van der Waals surface area (Å²) in [6.45, 7) is 5.72. The van der Waals surface area contributed by atoms with Crippen LogP contribution in [-0.4, -0.2) is 53.4 Å². The smallest absolute Gasteiger partial charge is 0.222 e. The number of fused-ring (bicyclic) bond motifs is 2. The SMILES string of the molecule is O=C(CC1CC2CCC1C2)N1CCN(Cc2csc(NCC3CCC3)n2)CC1. The molecule has 1 aliphatic heterocycles. The Morgan fingerprint density at radius 2 is 2.00 bits per heavy atom. The van der Waals surface area contributed by atoms with Crippen molar-refractivity contribution in [3.05, 3.63) is 11.1 Å². The molecule has 1 N–H and O–H groups in total. The number of nitrogens with one attached hydrogen (secondary N) is 1. The quantitative estimate of drug-likeness (QED) is 0.753. The van der Waals surface area contributed by atoms with Gasteiger partial charge in [0.2, 0.25) is 5.91 Å². The van der Waals surface area contributed by atoms with E-state index in [0.717, 1.165) is 68.6 Å². The molecule has 5 nitrogen and oxygen atoms in total. The fourth-order valence-corrected chi connectivity index (χ4v) is 6.47. The second kappa shape index (κ2) is 8.31. The van der Waals surface area contributed by atoms with Crippen LogP contribution >= 0.6 is 11.3 Å². The number of carbonyl (C=O) groups excluding carboxylic acids is 1. The zero-order chi connectivity index (χ0) is 18.9. The second-order valence-corrected chi connectivity index (χ2v) is 10.5. The molecule has 28 heavy (non-hydrogen) atoms. The summed E-state index contributed by atoms with van der Waals surface area (Å²) in [5, 5.41) is 6.77. The maximum atomic E-state index is 12.7. The molecule has 154 valence electrons. The molecule has 2 heterocycles. The highest BCUT2D eigenvalue weighted by molar-refractivity contribution is 7.13. The summed E-state index contributed by atoms with van der Waals surface area (Å²) >= 11 is 1.73. The molecule has 6 heteroatoms. The molecular formula is C22H34N4OS. The van der Waals surface area contributed by atoms with Gasteiger partial charge in [-0.2, -0.15) is 0 Å². The maximum absolute atomic E-state index is 12.7. The summed E-state index contributed by atoms with van der Waals surface area (Å²) in [5.41, 5.74) is 1.17. The van der Waals surface area contributed by atoms with Crippen molar-refractivity contribution >= 4 is 22.4 Å². The number of rotatable bonds is 7. The first-order chi connectivity index (χ1) is 13.7. The van der Waals surface area contributed by atoms with Gasteiger partial charge in [-0.05, 0) is 55.8 Å². The topological polar surface area (TPSA) is 48.5 Å². The first-order valence-corrected chi connectivity index (χ1v) is 12.3. The molecule has 1 aromatic heterocycles. The van der Waals surface area contributed by atoms with Gasteiger partial charge in [0.05, 0.1) is 5.69 Å². The van der Waals surface area contributed by atoms with Gasteiger partial charge in [-0.15, -0.1) is 11.3 Å². The maximum Gasteiger partial charge on any atom is 0.222 e. The normalized spacial score (nSPS) is 30.6. The lowest BCUT2D eigenvalue weighted by molar-refractivity contribution is -0.134. The van der Waals surface area contributed by atoms with Crippen LogP contribution in [0.1, 0.15) is 57.1 Å². The number of nitrogens with zero attached hydrogens (tertiary/aromatic N) is 3. The minimum Gasteiger partial charge on any atom is -0.361 e. The predicted octanol–water partition coefficient (Wildman–Crippen LogP) is 3.83. The molecule has 3 saturated carbocycles. The Bertz CT molecular complexity index is 680. The van der Waals surface area contributed by atoms with Crippen LogP contribution in [0.5, 0.6) is 0 Å². The Labute approximate surface area is 172 Å². The van der Waals surface area contributed by atoms with Gasteiger partial charge in [0.1, 0.15) is 0 Å². The van der Waals surface area contributed by atoms with Crippen LogP contribution in [0.3, 0.4) is 0 Å². The van der Waals surface area contributed by atoms with Gasteiger partial charge in [0.25, 0.3) is 0 Å². The molecule has 0 spiro atoms. The zero-order valence-electron chi connectivity index (χ0n) is 16.9. The van der Waals surface area contributed by atoms with E-state index in [2.05, 4.69) is 20.5 Å². The van der Waals surface area contributed by atoms with Gasteiger partial charge in [-0.1, -0.05) is 12.8 Å². The van der Waals surface area contributed by atoms with Crippen molar-refractivity contribution in [1.29, 1.82) is 0 Å². The number of hydrogen-bond donors (Lipinski definition) is 1. The summed E-state index contributed by atoms with van der Waals surface area (Å²) in [5.74, 6) is 3.74. The van der Waals surface area contributed by atoms with E-state index >= 15 is 0 Å². The molecule has 3 atom stereocenters. The van der Waals surface area contributed by atoms with Crippen molar-refractivity contribution in [3.8, 4) is 0 Å². The van der Waals surface area contributed by atoms with Crippen LogP contribution < -0.4 is 5.32 Å². The Hall–Kier alpha value is -1.14. The Balaban J connectivity index is 1.04. The molecule has 4 aliphatic rings. The molecule has 0 aromatic carbocycles. The highest BCUT2D eigenvalue weighted by atomic mass is 32.1. The van der Waals surface area contributed by atoms with E-state index in [1.54, 1.807) is 11.3 Å². The highest BCUT2D eigenvalue weighted by Gasteiger charge is 2.40. The Morgan fingerprint density at radius 3 is 2.68 bits per heavy atom. The fraction of sp³-hybridized carbons (Fsp3) is 0.818. The number of thiazole rings is 1. The van der Waals surface area contributed by atoms with E-state index in [1.807, 2.05) is 0 Å². The van der Waals surface area contributed by atoms with Crippen LogP contribution in [0.15, 0.2) is 5.38 Å². The standard InChI is InChI=1S/C22H34N4OS/c27-21(12-19-11-17-4-5-18(19)10-17)26-8-6-25(7-9-26)14-20-15-28-22(24-20)23-13-16-2-1-3-16/h15-19H,1-14H2,(H,23,24). The van der Waals surface area contributed by atoms with Gasteiger partial charge in [0, 0.05) is 51.1 Å². The molecule has 1 saturated heterocycles. The number of amides is 1. The molecule has 4 fully saturated rings. The van der Waals surface area contributed by atoms with Gasteiger partial charge in [-0.25, -0.2) is 4.98 Å². The van der Waals surface area contributed by atoms with Gasteiger partial charge < -0.3 is 10.2 Å². The summed E-state index contributed by atoms with van der Waals surface area (Å²) in [6, 6.07) is 0. The third kappa shape index (κ3) is 4.23. The Kier molecular flexibility index (Phi) is 5.60. The lowest BCUT2D eigenvalue weighted by atomic mass is 9.86. The summed E-state index contributed by atoms with van der Waals surface area (Å²) in [6.07, 6.45) is 10.5. The van der Waals surface area contributed by atoms with Crippen molar-refractivity contribution in [3.63, 3.8) is 0 Å². The molecule has 1 amide bonds. The van der Waals surface area contributed by atoms with Gasteiger partial charge in [-0.3, -0.25) is 9.69 Å². The molecule has 3 aliphatic carbocycles. The van der Waals surface area contributed by atoms with Gasteiger partial charge >= 0.3 is 0 Å². The fourth-order valence-electron chi connectivity index (χ4n) is 5.75. The van der Waals surface area contributed by atoms with Crippen LogP contribution in [0.2, 0.25) is 0 Å². The van der Waals surface area contributed by atoms with Gasteiger partial charge in [0.15, 0.2) is 5.13 Å². The van der Waals surface area contributed by atoms with Crippen molar-refractivity contribution in [1.82, 2.24) is 14.8 Å². The zero-order valence-corrected chi connectivity index (χ0v) is 17.8. The molecule has 0 radical (unpaired) electrons. The lowest BCUT2D eigenvalue weighted by Gasteiger charge is -2.35. The van der Waals surface area contributed by atoms with E-state index in [1.165, 1.54) is 50.6 Å². The predicted molar refractivity (Wildman–Crippen MR) is 113 cm³/mol. The second-order valence-electron chi connectivity index (χ2n) is 9.62. The van der Waals surface area contributed by atoms with E-state index in [-0.39, 0.29) is 0 Å². The summed E-state index contributed by atoms with van der Waals surface area (Å²) < 4.78 is 0. The third-order valence-electron chi connectivity index (χ3n) is 7.75. The number of carbonyl (C=O) groups is 1.